The molecule has 100 valence electrons. The molecule has 0 radical (unpaired) electrons. The number of nitrogens with zero attached hydrogens (tertiary/aromatic N) is 1. The third-order valence-electron chi connectivity index (χ3n) is 3.21. The Labute approximate surface area is 111 Å². The second-order valence-electron chi connectivity index (χ2n) is 4.58. The predicted molar refractivity (Wildman–Crippen MR) is 74.5 cm³/mol. The van der Waals surface area contributed by atoms with Gasteiger partial charge in [0.2, 0.25) is 0 Å². The Morgan fingerprint density at radius 1 is 1.21 bits per heavy atom. The Morgan fingerprint density at radius 2 is 1.95 bits per heavy atom. The first-order valence-electron chi connectivity index (χ1n) is 6.51. The SMILES string of the molecule is CCCc1cc2cc3c(cc2nc1NN)OCCO3. The van der Waals surface area contributed by atoms with Crippen molar-refractivity contribution in [3.63, 3.8) is 0 Å². The van der Waals surface area contributed by atoms with Crippen LogP contribution in [0.25, 0.3) is 10.9 Å². The van der Waals surface area contributed by atoms with Gasteiger partial charge in [-0.2, -0.15) is 0 Å². The van der Waals surface area contributed by atoms with Gasteiger partial charge in [-0.3, -0.25) is 0 Å². The lowest BCUT2D eigenvalue weighted by molar-refractivity contribution is 0.172. The summed E-state index contributed by atoms with van der Waals surface area (Å²) in [6, 6.07) is 6.00. The summed E-state index contributed by atoms with van der Waals surface area (Å²) in [5.74, 6) is 7.81. The predicted octanol–water partition coefficient (Wildman–Crippen LogP) is 2.24. The number of aryl methyl sites for hydroxylation is 1. The Morgan fingerprint density at radius 3 is 2.63 bits per heavy atom. The highest BCUT2D eigenvalue weighted by Gasteiger charge is 2.14. The molecule has 0 saturated carbocycles. The van der Waals surface area contributed by atoms with Crippen molar-refractivity contribution in [3.05, 3.63) is 23.8 Å². The van der Waals surface area contributed by atoms with E-state index in [0.29, 0.717) is 13.2 Å². The molecule has 1 aliphatic rings. The van der Waals surface area contributed by atoms with E-state index in [1.165, 1.54) is 0 Å². The van der Waals surface area contributed by atoms with Crippen molar-refractivity contribution in [2.24, 2.45) is 5.84 Å². The van der Waals surface area contributed by atoms with Gasteiger partial charge >= 0.3 is 0 Å². The van der Waals surface area contributed by atoms with Crippen LogP contribution in [-0.4, -0.2) is 18.2 Å². The van der Waals surface area contributed by atoms with Gasteiger partial charge < -0.3 is 14.9 Å². The molecule has 0 amide bonds. The van der Waals surface area contributed by atoms with Gasteiger partial charge in [-0.15, -0.1) is 0 Å². The van der Waals surface area contributed by atoms with Gasteiger partial charge in [-0.1, -0.05) is 13.3 Å². The molecule has 19 heavy (non-hydrogen) atoms. The molecule has 0 aliphatic carbocycles. The van der Waals surface area contributed by atoms with Crippen LogP contribution in [0.2, 0.25) is 0 Å². The highest BCUT2D eigenvalue weighted by atomic mass is 16.6. The first-order valence-corrected chi connectivity index (χ1v) is 6.51. The maximum atomic E-state index is 5.59. The lowest BCUT2D eigenvalue weighted by atomic mass is 10.1. The molecule has 5 heteroatoms. The second kappa shape index (κ2) is 4.93. The van der Waals surface area contributed by atoms with Crippen molar-refractivity contribution in [1.82, 2.24) is 4.98 Å². The molecule has 0 atom stereocenters. The highest BCUT2D eigenvalue weighted by molar-refractivity contribution is 5.85. The Kier molecular flexibility index (Phi) is 3.13. The molecule has 5 nitrogen and oxygen atoms in total. The summed E-state index contributed by atoms with van der Waals surface area (Å²) >= 11 is 0. The zero-order valence-corrected chi connectivity index (χ0v) is 10.9. The summed E-state index contributed by atoms with van der Waals surface area (Å²) in [6.45, 7) is 3.30. The smallest absolute Gasteiger partial charge is 0.163 e. The van der Waals surface area contributed by atoms with Gasteiger partial charge in [0.25, 0.3) is 0 Å². The zero-order valence-electron chi connectivity index (χ0n) is 10.9. The summed E-state index contributed by atoms with van der Waals surface area (Å²) in [5, 5.41) is 1.05. The number of hydrogen-bond donors (Lipinski definition) is 2. The topological polar surface area (TPSA) is 69.4 Å². The van der Waals surface area contributed by atoms with Crippen LogP contribution in [0.3, 0.4) is 0 Å². The minimum absolute atomic E-state index is 0.578. The van der Waals surface area contributed by atoms with Crippen LogP contribution >= 0.6 is 0 Å². The number of hydrogen-bond acceptors (Lipinski definition) is 5. The van der Waals surface area contributed by atoms with Crippen LogP contribution in [0.4, 0.5) is 5.82 Å². The fourth-order valence-electron chi connectivity index (χ4n) is 2.34. The molecular formula is C14H17N3O2. The van der Waals surface area contributed by atoms with Crippen molar-refractivity contribution >= 4 is 16.7 Å². The van der Waals surface area contributed by atoms with E-state index >= 15 is 0 Å². The molecule has 2 aromatic rings. The summed E-state index contributed by atoms with van der Waals surface area (Å²) < 4.78 is 11.2. The molecule has 0 spiro atoms. The molecule has 2 heterocycles. The van der Waals surface area contributed by atoms with Gasteiger partial charge in [0, 0.05) is 11.5 Å². The monoisotopic (exact) mass is 259 g/mol. The van der Waals surface area contributed by atoms with Crippen LogP contribution in [0.5, 0.6) is 11.5 Å². The molecule has 1 aromatic carbocycles. The Balaban J connectivity index is 2.15. The van der Waals surface area contributed by atoms with Gasteiger partial charge in [0.1, 0.15) is 19.0 Å². The molecule has 0 bridgehead atoms. The average Bonchev–Trinajstić information content (AvgIpc) is 2.45. The highest BCUT2D eigenvalue weighted by Crippen LogP contribution is 2.35. The third kappa shape index (κ3) is 2.17. The molecule has 0 fully saturated rings. The summed E-state index contributed by atoms with van der Waals surface area (Å²) in [4.78, 5) is 4.55. The number of pyridine rings is 1. The van der Waals surface area contributed by atoms with E-state index in [9.17, 15) is 0 Å². The third-order valence-corrected chi connectivity index (χ3v) is 3.21. The van der Waals surface area contributed by atoms with Crippen molar-refractivity contribution in [3.8, 4) is 11.5 Å². The van der Waals surface area contributed by atoms with Crippen LogP contribution in [-0.2, 0) is 6.42 Å². The van der Waals surface area contributed by atoms with Gasteiger partial charge in [-0.05, 0) is 24.1 Å². The fourth-order valence-corrected chi connectivity index (χ4v) is 2.34. The van der Waals surface area contributed by atoms with Crippen LogP contribution in [0, 0.1) is 0 Å². The number of nitrogens with one attached hydrogen (secondary N) is 1. The number of aromatic nitrogens is 1. The quantitative estimate of drug-likeness (QED) is 0.653. The van der Waals surface area contributed by atoms with Crippen LogP contribution in [0.15, 0.2) is 18.2 Å². The second-order valence-corrected chi connectivity index (χ2v) is 4.58. The lowest BCUT2D eigenvalue weighted by Crippen LogP contribution is -2.15. The molecule has 0 saturated heterocycles. The largest absolute Gasteiger partial charge is 0.486 e. The number of rotatable bonds is 3. The van der Waals surface area contributed by atoms with E-state index in [0.717, 1.165) is 46.6 Å². The molecule has 3 N–H and O–H groups in total. The molecule has 1 aliphatic heterocycles. The standard InChI is InChI=1S/C14H17N3O2/c1-2-3-9-6-10-7-12-13(19-5-4-18-12)8-11(10)16-14(9)17-15/h6-8H,2-5,15H2,1H3,(H,16,17). The number of benzene rings is 1. The lowest BCUT2D eigenvalue weighted by Gasteiger charge is -2.19. The van der Waals surface area contributed by atoms with Crippen molar-refractivity contribution in [1.29, 1.82) is 0 Å². The zero-order chi connectivity index (χ0) is 13.2. The Bertz CT molecular complexity index is 613. The Hall–Kier alpha value is -2.01. The van der Waals surface area contributed by atoms with E-state index in [2.05, 4.69) is 23.4 Å². The van der Waals surface area contributed by atoms with Crippen molar-refractivity contribution in [2.75, 3.05) is 18.6 Å². The normalized spacial score (nSPS) is 13.6. The van der Waals surface area contributed by atoms with Crippen molar-refractivity contribution < 1.29 is 9.47 Å². The van der Waals surface area contributed by atoms with Crippen LogP contribution < -0.4 is 20.7 Å². The number of nitrogens with two attached hydrogens (primary N) is 1. The van der Waals surface area contributed by atoms with Crippen molar-refractivity contribution in [2.45, 2.75) is 19.8 Å². The van der Waals surface area contributed by atoms with E-state index in [1.54, 1.807) is 0 Å². The first kappa shape index (κ1) is 12.0. The molecular weight excluding hydrogens is 242 g/mol. The average molecular weight is 259 g/mol. The van der Waals surface area contributed by atoms with Gasteiger partial charge in [0.05, 0.1) is 5.52 Å². The molecule has 1 aromatic heterocycles. The van der Waals surface area contributed by atoms with Gasteiger partial charge in [0.15, 0.2) is 11.5 Å². The van der Waals surface area contributed by atoms with E-state index in [4.69, 9.17) is 15.3 Å². The number of ether oxygens (including phenoxy) is 2. The maximum absolute atomic E-state index is 5.59. The molecule has 3 rings (SSSR count). The minimum Gasteiger partial charge on any atom is -0.486 e. The summed E-state index contributed by atoms with van der Waals surface area (Å²) in [7, 11) is 0. The van der Waals surface area contributed by atoms with E-state index in [-0.39, 0.29) is 0 Å². The van der Waals surface area contributed by atoms with Crippen LogP contribution in [0.1, 0.15) is 18.9 Å². The summed E-state index contributed by atoms with van der Waals surface area (Å²) in [5.41, 5.74) is 4.65. The fraction of sp³-hybridized carbons (Fsp3) is 0.357. The maximum Gasteiger partial charge on any atom is 0.163 e. The van der Waals surface area contributed by atoms with Gasteiger partial charge in [-0.25, -0.2) is 10.8 Å². The summed E-state index contributed by atoms with van der Waals surface area (Å²) in [6.07, 6.45) is 1.99. The number of nitrogen functional groups attached to an aromatic ring is 1. The van der Waals surface area contributed by atoms with E-state index in [1.807, 2.05) is 12.1 Å². The minimum atomic E-state index is 0.578. The van der Waals surface area contributed by atoms with E-state index < -0.39 is 0 Å². The molecule has 0 unspecified atom stereocenters. The first-order chi connectivity index (χ1) is 9.31. The number of hydrazine groups is 1. The number of fused-ring (bicyclic) bond motifs is 2. The number of anilines is 1.